The van der Waals surface area contributed by atoms with Gasteiger partial charge in [0.05, 0.1) is 6.04 Å². The first-order chi connectivity index (χ1) is 10.3. The number of rotatable bonds is 4. The Kier molecular flexibility index (Phi) is 3.93. The highest BCUT2D eigenvalue weighted by Crippen LogP contribution is 2.28. The molecule has 0 aliphatic carbocycles. The normalized spacial score (nSPS) is 12.5. The summed E-state index contributed by atoms with van der Waals surface area (Å²) in [6.45, 7) is 2.90. The van der Waals surface area contributed by atoms with E-state index in [1.807, 2.05) is 30.5 Å². The molecule has 106 valence electrons. The molecule has 0 aliphatic rings. The lowest BCUT2D eigenvalue weighted by Crippen LogP contribution is -2.22. The monoisotopic (exact) mass is 280 g/mol. The Balaban J connectivity index is 2.13. The Bertz CT molecular complexity index is 732. The maximum absolute atomic E-state index is 13.2. The number of hydrogen-bond donors (Lipinski definition) is 1. The first kappa shape index (κ1) is 13.7. The fourth-order valence-corrected chi connectivity index (χ4v) is 2.66. The van der Waals surface area contributed by atoms with Crippen molar-refractivity contribution in [2.45, 2.75) is 13.0 Å². The Morgan fingerprint density at radius 2 is 1.90 bits per heavy atom. The Hall–Kier alpha value is -2.26. The predicted octanol–water partition coefficient (Wildman–Crippen LogP) is 4.07. The average Bonchev–Trinajstić information content (AvgIpc) is 2.53. The number of hydrogen-bond acceptors (Lipinski definition) is 2. The van der Waals surface area contributed by atoms with Crippen LogP contribution in [0.5, 0.6) is 0 Å². The van der Waals surface area contributed by atoms with Crippen molar-refractivity contribution in [3.63, 3.8) is 0 Å². The maximum atomic E-state index is 13.2. The quantitative estimate of drug-likeness (QED) is 0.779. The van der Waals surface area contributed by atoms with Gasteiger partial charge >= 0.3 is 0 Å². The molecule has 1 unspecified atom stereocenters. The zero-order valence-electron chi connectivity index (χ0n) is 11.9. The Morgan fingerprint density at radius 1 is 1.10 bits per heavy atom. The van der Waals surface area contributed by atoms with E-state index in [0.29, 0.717) is 0 Å². The van der Waals surface area contributed by atoms with Crippen molar-refractivity contribution in [1.29, 1.82) is 0 Å². The highest BCUT2D eigenvalue weighted by Gasteiger charge is 2.15. The molecular formula is C18H17FN2. The van der Waals surface area contributed by atoms with Crippen LogP contribution >= 0.6 is 0 Å². The molecule has 0 spiro atoms. The van der Waals surface area contributed by atoms with Gasteiger partial charge in [-0.2, -0.15) is 0 Å². The van der Waals surface area contributed by atoms with Crippen LogP contribution in [0, 0.1) is 5.82 Å². The summed E-state index contributed by atoms with van der Waals surface area (Å²) < 4.78 is 13.2. The molecule has 0 aliphatic heterocycles. The Morgan fingerprint density at radius 3 is 2.67 bits per heavy atom. The summed E-state index contributed by atoms with van der Waals surface area (Å²) in [6.07, 6.45) is 3.69. The summed E-state index contributed by atoms with van der Waals surface area (Å²) in [4.78, 5) is 4.24. The van der Waals surface area contributed by atoms with E-state index >= 15 is 0 Å². The third kappa shape index (κ3) is 2.78. The van der Waals surface area contributed by atoms with E-state index in [0.717, 1.165) is 28.4 Å². The smallest absolute Gasteiger partial charge is 0.123 e. The highest BCUT2D eigenvalue weighted by atomic mass is 19.1. The molecule has 3 aromatic rings. The number of nitrogens with one attached hydrogen (secondary N) is 1. The van der Waals surface area contributed by atoms with Gasteiger partial charge in [0.2, 0.25) is 0 Å². The molecule has 0 saturated carbocycles. The van der Waals surface area contributed by atoms with Gasteiger partial charge in [-0.25, -0.2) is 4.39 Å². The van der Waals surface area contributed by atoms with E-state index in [-0.39, 0.29) is 11.9 Å². The van der Waals surface area contributed by atoms with Gasteiger partial charge in [0.1, 0.15) is 5.82 Å². The Labute approximate surface area is 123 Å². The number of pyridine rings is 1. The highest BCUT2D eigenvalue weighted by molar-refractivity contribution is 5.85. The summed E-state index contributed by atoms with van der Waals surface area (Å²) >= 11 is 0. The van der Waals surface area contributed by atoms with Crippen LogP contribution in [0.15, 0.2) is 60.9 Å². The second-order valence-electron chi connectivity index (χ2n) is 4.99. The molecule has 0 saturated heterocycles. The van der Waals surface area contributed by atoms with Crippen LogP contribution in [0.25, 0.3) is 10.8 Å². The first-order valence-corrected chi connectivity index (χ1v) is 7.11. The number of fused-ring (bicyclic) bond motifs is 1. The van der Waals surface area contributed by atoms with Crippen LogP contribution in [0.2, 0.25) is 0 Å². The van der Waals surface area contributed by atoms with E-state index in [1.54, 1.807) is 6.20 Å². The van der Waals surface area contributed by atoms with Gasteiger partial charge in [-0.15, -0.1) is 0 Å². The fraction of sp³-hybridized carbons (Fsp3) is 0.167. The lowest BCUT2D eigenvalue weighted by atomic mass is 9.94. The van der Waals surface area contributed by atoms with E-state index < -0.39 is 0 Å². The third-order valence-corrected chi connectivity index (χ3v) is 3.64. The van der Waals surface area contributed by atoms with Crippen molar-refractivity contribution in [2.75, 3.05) is 6.54 Å². The molecule has 1 atom stereocenters. The molecule has 0 radical (unpaired) electrons. The number of benzene rings is 2. The minimum absolute atomic E-state index is 0.0310. The van der Waals surface area contributed by atoms with Crippen molar-refractivity contribution in [3.05, 3.63) is 77.9 Å². The largest absolute Gasteiger partial charge is 0.307 e. The van der Waals surface area contributed by atoms with E-state index in [1.165, 1.54) is 12.1 Å². The SMILES string of the molecule is CCNC(c1ccc(F)cc1)c1cccc2ccncc12. The average molecular weight is 280 g/mol. The topological polar surface area (TPSA) is 24.9 Å². The molecule has 0 amide bonds. The molecule has 1 aromatic heterocycles. The first-order valence-electron chi connectivity index (χ1n) is 7.11. The number of halogens is 1. The van der Waals surface area contributed by atoms with Gasteiger partial charge in [-0.3, -0.25) is 4.98 Å². The molecular weight excluding hydrogens is 263 g/mol. The summed E-state index contributed by atoms with van der Waals surface area (Å²) in [5, 5.41) is 5.76. The lowest BCUT2D eigenvalue weighted by molar-refractivity contribution is 0.615. The van der Waals surface area contributed by atoms with Gasteiger partial charge in [-0.05, 0) is 41.3 Å². The van der Waals surface area contributed by atoms with Crippen molar-refractivity contribution < 1.29 is 4.39 Å². The van der Waals surface area contributed by atoms with Gasteiger partial charge in [-0.1, -0.05) is 37.3 Å². The molecule has 1 heterocycles. The van der Waals surface area contributed by atoms with E-state index in [9.17, 15) is 4.39 Å². The van der Waals surface area contributed by atoms with Crippen LogP contribution in [0.4, 0.5) is 4.39 Å². The van der Waals surface area contributed by atoms with Crippen LogP contribution < -0.4 is 5.32 Å². The zero-order valence-corrected chi connectivity index (χ0v) is 11.9. The zero-order chi connectivity index (χ0) is 14.7. The van der Waals surface area contributed by atoms with Crippen LogP contribution in [-0.2, 0) is 0 Å². The van der Waals surface area contributed by atoms with Gasteiger partial charge < -0.3 is 5.32 Å². The summed E-state index contributed by atoms with van der Waals surface area (Å²) in [5.41, 5.74) is 2.21. The van der Waals surface area contributed by atoms with E-state index in [4.69, 9.17) is 0 Å². The molecule has 2 nitrogen and oxygen atoms in total. The standard InChI is InChI=1S/C18H17FN2/c1-2-21-18(14-6-8-15(19)9-7-14)16-5-3-4-13-10-11-20-12-17(13)16/h3-12,18,21H,2H2,1H3. The van der Waals surface area contributed by atoms with Crippen molar-refractivity contribution in [3.8, 4) is 0 Å². The van der Waals surface area contributed by atoms with Crippen LogP contribution in [0.1, 0.15) is 24.1 Å². The maximum Gasteiger partial charge on any atom is 0.123 e. The van der Waals surface area contributed by atoms with Crippen molar-refractivity contribution in [1.82, 2.24) is 10.3 Å². The second kappa shape index (κ2) is 6.02. The fourth-order valence-electron chi connectivity index (χ4n) is 2.66. The molecule has 2 aromatic carbocycles. The minimum Gasteiger partial charge on any atom is -0.307 e. The second-order valence-corrected chi connectivity index (χ2v) is 4.99. The van der Waals surface area contributed by atoms with Gasteiger partial charge in [0, 0.05) is 17.8 Å². The number of nitrogens with zero attached hydrogens (tertiary/aromatic N) is 1. The molecule has 21 heavy (non-hydrogen) atoms. The lowest BCUT2D eigenvalue weighted by Gasteiger charge is -2.20. The number of aromatic nitrogens is 1. The summed E-state index contributed by atoms with van der Waals surface area (Å²) in [6, 6.07) is 14.9. The molecule has 3 heteroatoms. The van der Waals surface area contributed by atoms with Crippen molar-refractivity contribution >= 4 is 10.8 Å². The van der Waals surface area contributed by atoms with Crippen molar-refractivity contribution in [2.24, 2.45) is 0 Å². The third-order valence-electron chi connectivity index (χ3n) is 3.64. The predicted molar refractivity (Wildman–Crippen MR) is 83.7 cm³/mol. The molecule has 3 rings (SSSR count). The minimum atomic E-state index is -0.214. The summed E-state index contributed by atoms with van der Waals surface area (Å²) in [5.74, 6) is -0.214. The molecule has 0 fully saturated rings. The van der Waals surface area contributed by atoms with E-state index in [2.05, 4.69) is 29.4 Å². The van der Waals surface area contributed by atoms with Crippen LogP contribution in [-0.4, -0.2) is 11.5 Å². The van der Waals surface area contributed by atoms with Gasteiger partial charge in [0.25, 0.3) is 0 Å². The molecule has 1 N–H and O–H groups in total. The summed E-state index contributed by atoms with van der Waals surface area (Å²) in [7, 11) is 0. The molecule has 0 bridgehead atoms. The van der Waals surface area contributed by atoms with Gasteiger partial charge in [0.15, 0.2) is 0 Å². The van der Waals surface area contributed by atoms with Crippen LogP contribution in [0.3, 0.4) is 0 Å².